The van der Waals surface area contributed by atoms with E-state index in [9.17, 15) is 13.6 Å². The standard InChI is InChI=1S/C33H40BF2NO4Si/c1-32(2)33(3,4)41-34(40-32)24-12-8-23(9-13-24)30-28(31(38)37(30)27-18-16-26(36)17-19-27)20-21-29(39-42(5,6)7)22-10-14-25(35)15-11-22/h8-19,28-30H,20-21H2,1-7H3/t28-,29+,30-/m1/s1. The quantitative estimate of drug-likeness (QED) is 0.193. The fraction of sp³-hybridized carbons (Fsp3) is 0.424. The summed E-state index contributed by atoms with van der Waals surface area (Å²) in [6, 6.07) is 20.3. The molecule has 0 radical (unpaired) electrons. The van der Waals surface area contributed by atoms with E-state index in [1.54, 1.807) is 29.2 Å². The number of carbonyl (C=O) groups excluding carboxylic acids is 1. The van der Waals surface area contributed by atoms with Gasteiger partial charge in [-0.15, -0.1) is 0 Å². The van der Waals surface area contributed by atoms with Crippen molar-refractivity contribution in [2.45, 2.75) is 83.5 Å². The lowest BCUT2D eigenvalue weighted by Gasteiger charge is -2.48. The van der Waals surface area contributed by atoms with Gasteiger partial charge >= 0.3 is 7.12 Å². The van der Waals surface area contributed by atoms with E-state index >= 15 is 0 Å². The molecule has 9 heteroatoms. The van der Waals surface area contributed by atoms with Gasteiger partial charge < -0.3 is 18.6 Å². The first-order chi connectivity index (χ1) is 19.6. The minimum absolute atomic E-state index is 0.00694. The summed E-state index contributed by atoms with van der Waals surface area (Å²) in [5, 5.41) is 0. The van der Waals surface area contributed by atoms with Gasteiger partial charge in [0.25, 0.3) is 0 Å². The lowest BCUT2D eigenvalue weighted by Crippen LogP contribution is -2.55. The molecule has 1 amide bonds. The molecule has 0 aliphatic carbocycles. The average molecular weight is 592 g/mol. The third-order valence-corrected chi connectivity index (χ3v) is 9.59. The number of β-lactam (4-membered cyclic amide) rings is 1. The maximum Gasteiger partial charge on any atom is 0.494 e. The van der Waals surface area contributed by atoms with Gasteiger partial charge in [-0.3, -0.25) is 4.79 Å². The van der Waals surface area contributed by atoms with Crippen LogP contribution in [-0.4, -0.2) is 32.5 Å². The fourth-order valence-electron chi connectivity index (χ4n) is 5.66. The Labute approximate surface area is 249 Å². The second-order valence-electron chi connectivity index (χ2n) is 13.3. The molecule has 2 fully saturated rings. The Kier molecular flexibility index (Phi) is 8.26. The number of carbonyl (C=O) groups is 1. The molecule has 2 aliphatic heterocycles. The molecule has 0 aromatic heterocycles. The van der Waals surface area contributed by atoms with Crippen LogP contribution in [0.2, 0.25) is 19.6 Å². The van der Waals surface area contributed by atoms with Crippen LogP contribution in [0.5, 0.6) is 0 Å². The zero-order valence-corrected chi connectivity index (χ0v) is 26.5. The summed E-state index contributed by atoms with van der Waals surface area (Å²) in [4.78, 5) is 15.4. The van der Waals surface area contributed by atoms with Crippen LogP contribution >= 0.6 is 0 Å². The molecule has 3 atom stereocenters. The van der Waals surface area contributed by atoms with Gasteiger partial charge in [-0.1, -0.05) is 36.4 Å². The van der Waals surface area contributed by atoms with E-state index in [4.69, 9.17) is 13.7 Å². The molecule has 3 aromatic rings. The van der Waals surface area contributed by atoms with Gasteiger partial charge in [0.05, 0.1) is 29.3 Å². The van der Waals surface area contributed by atoms with Crippen molar-refractivity contribution in [3.63, 3.8) is 0 Å². The summed E-state index contributed by atoms with van der Waals surface area (Å²) < 4.78 is 46.4. The van der Waals surface area contributed by atoms with Crippen LogP contribution < -0.4 is 10.4 Å². The lowest BCUT2D eigenvalue weighted by molar-refractivity contribution is -0.131. The summed E-state index contributed by atoms with van der Waals surface area (Å²) in [5.74, 6) is -0.936. The Hall–Kier alpha value is -2.85. The molecule has 2 heterocycles. The van der Waals surface area contributed by atoms with Crippen molar-refractivity contribution in [3.8, 4) is 0 Å². The van der Waals surface area contributed by atoms with Gasteiger partial charge in [0.15, 0.2) is 8.32 Å². The predicted octanol–water partition coefficient (Wildman–Crippen LogP) is 7.34. The monoisotopic (exact) mass is 591 g/mol. The molecule has 5 nitrogen and oxygen atoms in total. The zero-order chi connectivity index (χ0) is 30.4. The van der Waals surface area contributed by atoms with Crippen LogP contribution in [0, 0.1) is 17.6 Å². The normalized spacial score (nSPS) is 22.3. The molecule has 42 heavy (non-hydrogen) atoms. The highest BCUT2D eigenvalue weighted by atomic mass is 28.4. The lowest BCUT2D eigenvalue weighted by atomic mass is 9.75. The second kappa shape index (κ2) is 11.3. The average Bonchev–Trinajstić information content (AvgIpc) is 3.14. The Bertz CT molecular complexity index is 1390. The molecule has 2 aliphatic rings. The van der Waals surface area contributed by atoms with Crippen molar-refractivity contribution < 1.29 is 27.3 Å². The molecule has 222 valence electrons. The molecular formula is C33H40BF2NO4Si. The summed E-state index contributed by atoms with van der Waals surface area (Å²) in [6.45, 7) is 14.5. The van der Waals surface area contributed by atoms with Crippen molar-refractivity contribution in [1.82, 2.24) is 0 Å². The van der Waals surface area contributed by atoms with E-state index in [1.165, 1.54) is 24.3 Å². The van der Waals surface area contributed by atoms with Crippen LogP contribution in [0.4, 0.5) is 14.5 Å². The number of anilines is 1. The first-order valence-electron chi connectivity index (χ1n) is 14.6. The number of benzene rings is 3. The van der Waals surface area contributed by atoms with Gasteiger partial charge in [-0.05, 0) is 113 Å². The summed E-state index contributed by atoms with van der Waals surface area (Å²) in [5.41, 5.74) is 2.57. The van der Waals surface area contributed by atoms with Gasteiger partial charge in [0, 0.05) is 5.69 Å². The number of rotatable bonds is 9. The van der Waals surface area contributed by atoms with Crippen LogP contribution in [-0.2, 0) is 18.5 Å². The Morgan fingerprint density at radius 1 is 0.857 bits per heavy atom. The van der Waals surface area contributed by atoms with E-state index < -0.39 is 26.6 Å². The third kappa shape index (κ3) is 6.25. The smallest absolute Gasteiger partial charge is 0.411 e. The van der Waals surface area contributed by atoms with Crippen molar-refractivity contribution in [2.24, 2.45) is 5.92 Å². The van der Waals surface area contributed by atoms with Crippen molar-refractivity contribution >= 4 is 32.5 Å². The largest absolute Gasteiger partial charge is 0.494 e. The number of halogens is 2. The maximum atomic E-state index is 13.7. The van der Waals surface area contributed by atoms with Gasteiger partial charge in [0.2, 0.25) is 5.91 Å². The highest BCUT2D eigenvalue weighted by molar-refractivity contribution is 6.69. The number of amides is 1. The first kappa shape index (κ1) is 30.6. The van der Waals surface area contributed by atoms with E-state index in [2.05, 4.69) is 19.6 Å². The minimum Gasteiger partial charge on any atom is -0.411 e. The van der Waals surface area contributed by atoms with Crippen LogP contribution in [0.25, 0.3) is 0 Å². The zero-order valence-electron chi connectivity index (χ0n) is 25.5. The Balaban J connectivity index is 1.40. The van der Waals surface area contributed by atoms with Crippen LogP contribution in [0.1, 0.15) is 63.8 Å². The molecule has 0 unspecified atom stereocenters. The van der Waals surface area contributed by atoms with Gasteiger partial charge in [0.1, 0.15) is 11.6 Å². The summed E-state index contributed by atoms with van der Waals surface area (Å²) >= 11 is 0. The third-order valence-electron chi connectivity index (χ3n) is 8.60. The summed E-state index contributed by atoms with van der Waals surface area (Å²) in [6.07, 6.45) is 0.968. The molecule has 0 N–H and O–H groups in total. The highest BCUT2D eigenvalue weighted by Gasteiger charge is 2.52. The van der Waals surface area contributed by atoms with Crippen LogP contribution in [0.15, 0.2) is 72.8 Å². The molecular weight excluding hydrogens is 551 g/mol. The number of hydrogen-bond acceptors (Lipinski definition) is 4. The second-order valence-corrected chi connectivity index (χ2v) is 17.8. The van der Waals surface area contributed by atoms with Crippen molar-refractivity contribution in [2.75, 3.05) is 4.90 Å². The molecule has 0 bridgehead atoms. The first-order valence-corrected chi connectivity index (χ1v) is 18.0. The Morgan fingerprint density at radius 2 is 1.38 bits per heavy atom. The molecule has 3 aromatic carbocycles. The summed E-state index contributed by atoms with van der Waals surface area (Å²) in [7, 11) is -2.42. The molecule has 0 saturated carbocycles. The Morgan fingerprint density at radius 3 is 1.90 bits per heavy atom. The predicted molar refractivity (Wildman–Crippen MR) is 165 cm³/mol. The number of hydrogen-bond donors (Lipinski definition) is 0. The van der Waals surface area contributed by atoms with E-state index in [1.807, 2.05) is 52.0 Å². The van der Waals surface area contributed by atoms with E-state index in [0.29, 0.717) is 18.5 Å². The highest BCUT2D eigenvalue weighted by Crippen LogP contribution is 2.47. The topological polar surface area (TPSA) is 48.0 Å². The van der Waals surface area contributed by atoms with Gasteiger partial charge in [-0.2, -0.15) is 0 Å². The minimum atomic E-state index is -1.94. The van der Waals surface area contributed by atoms with Crippen molar-refractivity contribution in [1.29, 1.82) is 0 Å². The molecule has 5 rings (SSSR count). The molecule has 2 saturated heterocycles. The van der Waals surface area contributed by atoms with Crippen LogP contribution in [0.3, 0.4) is 0 Å². The fourth-order valence-corrected chi connectivity index (χ4v) is 6.77. The van der Waals surface area contributed by atoms with Crippen molar-refractivity contribution in [3.05, 3.63) is 95.6 Å². The SMILES string of the molecule is CC1(C)OB(c2ccc([C@@H]3[C@@H](CC[C@H](O[Si](C)(C)C)c4ccc(F)cc4)C(=O)N3c3ccc(F)cc3)cc2)OC1(C)C. The van der Waals surface area contributed by atoms with E-state index in [0.717, 1.165) is 16.6 Å². The van der Waals surface area contributed by atoms with Gasteiger partial charge in [-0.25, -0.2) is 8.78 Å². The number of nitrogens with zero attached hydrogens (tertiary/aromatic N) is 1. The molecule has 0 spiro atoms. The van der Waals surface area contributed by atoms with E-state index in [-0.39, 0.29) is 35.6 Å². The maximum absolute atomic E-state index is 13.7.